The average molecular weight is 256 g/mol. The zero-order valence-corrected chi connectivity index (χ0v) is 11.3. The summed E-state index contributed by atoms with van der Waals surface area (Å²) in [7, 11) is 0. The van der Waals surface area contributed by atoms with E-state index < -0.39 is 5.60 Å². The summed E-state index contributed by atoms with van der Waals surface area (Å²) in [6.45, 7) is 6.47. The molecule has 0 aromatic carbocycles. The molecular formula is C13H24N2O3. The van der Waals surface area contributed by atoms with E-state index in [1.165, 1.54) is 0 Å². The van der Waals surface area contributed by atoms with Gasteiger partial charge in [-0.05, 0) is 32.9 Å². The van der Waals surface area contributed by atoms with Crippen LogP contribution in [0.5, 0.6) is 0 Å². The second-order valence-electron chi connectivity index (χ2n) is 5.86. The van der Waals surface area contributed by atoms with Gasteiger partial charge in [0.1, 0.15) is 5.60 Å². The summed E-state index contributed by atoms with van der Waals surface area (Å²) in [6.07, 6.45) is 2.08. The number of aliphatic hydroxyl groups is 1. The minimum Gasteiger partial charge on any atom is -0.385 e. The third-order valence-corrected chi connectivity index (χ3v) is 4.47. The number of amides is 1. The topological polar surface area (TPSA) is 70.6 Å². The summed E-state index contributed by atoms with van der Waals surface area (Å²) < 4.78 is 5.36. The minimum absolute atomic E-state index is 0.0523. The third-order valence-electron chi connectivity index (χ3n) is 4.47. The van der Waals surface area contributed by atoms with E-state index in [-0.39, 0.29) is 24.0 Å². The number of nitrogens with one attached hydrogen (secondary N) is 2. The molecule has 0 radical (unpaired) electrons. The molecule has 2 atom stereocenters. The van der Waals surface area contributed by atoms with Gasteiger partial charge in [0.2, 0.25) is 5.91 Å². The molecule has 3 N–H and O–H groups in total. The Hall–Kier alpha value is -0.650. The van der Waals surface area contributed by atoms with Crippen molar-refractivity contribution in [3.63, 3.8) is 0 Å². The molecule has 5 nitrogen and oxygen atoms in total. The van der Waals surface area contributed by atoms with Crippen LogP contribution in [0.3, 0.4) is 0 Å². The number of ether oxygens (including phenoxy) is 1. The Morgan fingerprint density at radius 3 is 2.67 bits per heavy atom. The highest BCUT2D eigenvalue weighted by molar-refractivity contribution is 5.82. The quantitative estimate of drug-likeness (QED) is 0.666. The maximum atomic E-state index is 12.2. The van der Waals surface area contributed by atoms with Crippen molar-refractivity contribution in [3.8, 4) is 0 Å². The van der Waals surface area contributed by atoms with Gasteiger partial charge in [-0.3, -0.25) is 4.79 Å². The minimum atomic E-state index is -0.904. The Morgan fingerprint density at radius 2 is 2.11 bits per heavy atom. The first-order valence-electron chi connectivity index (χ1n) is 6.79. The maximum Gasteiger partial charge on any atom is 0.226 e. The second-order valence-corrected chi connectivity index (χ2v) is 5.86. The van der Waals surface area contributed by atoms with Gasteiger partial charge in [-0.25, -0.2) is 0 Å². The molecule has 2 rings (SSSR count). The van der Waals surface area contributed by atoms with Crippen molar-refractivity contribution in [2.45, 2.75) is 44.8 Å². The van der Waals surface area contributed by atoms with E-state index in [1.54, 1.807) is 0 Å². The summed E-state index contributed by atoms with van der Waals surface area (Å²) in [5, 5.41) is 16.5. The number of piperidine rings is 1. The first kappa shape index (κ1) is 13.8. The number of hydrogen-bond acceptors (Lipinski definition) is 4. The van der Waals surface area contributed by atoms with Crippen LogP contribution >= 0.6 is 0 Å². The predicted molar refractivity (Wildman–Crippen MR) is 68.2 cm³/mol. The van der Waals surface area contributed by atoms with E-state index in [4.69, 9.17) is 4.74 Å². The Morgan fingerprint density at radius 1 is 1.44 bits per heavy atom. The van der Waals surface area contributed by atoms with Gasteiger partial charge in [-0.15, -0.1) is 0 Å². The van der Waals surface area contributed by atoms with Crippen LogP contribution in [0.15, 0.2) is 0 Å². The number of rotatable bonds is 3. The van der Waals surface area contributed by atoms with Crippen LogP contribution in [0.2, 0.25) is 0 Å². The number of carbonyl (C=O) groups is 1. The van der Waals surface area contributed by atoms with Gasteiger partial charge in [0.15, 0.2) is 0 Å². The molecule has 2 fully saturated rings. The highest BCUT2D eigenvalue weighted by Crippen LogP contribution is 2.29. The summed E-state index contributed by atoms with van der Waals surface area (Å²) in [5.74, 6) is 0.0523. The van der Waals surface area contributed by atoms with E-state index in [0.29, 0.717) is 13.0 Å². The normalized spacial score (nSPS) is 35.4. The molecule has 1 amide bonds. The molecule has 2 unspecified atom stereocenters. The Labute approximate surface area is 108 Å². The molecule has 0 aromatic heterocycles. The van der Waals surface area contributed by atoms with Crippen molar-refractivity contribution in [3.05, 3.63) is 0 Å². The lowest BCUT2D eigenvalue weighted by molar-refractivity contribution is -0.133. The van der Waals surface area contributed by atoms with Crippen LogP contribution in [-0.2, 0) is 9.53 Å². The van der Waals surface area contributed by atoms with E-state index in [2.05, 4.69) is 10.6 Å². The molecule has 0 bridgehead atoms. The van der Waals surface area contributed by atoms with Gasteiger partial charge < -0.3 is 20.5 Å². The van der Waals surface area contributed by atoms with E-state index in [1.807, 2.05) is 13.8 Å². The molecule has 0 aromatic rings. The lowest BCUT2D eigenvalue weighted by atomic mass is 9.80. The monoisotopic (exact) mass is 256 g/mol. The Balaban J connectivity index is 1.88. The van der Waals surface area contributed by atoms with Crippen molar-refractivity contribution in [1.82, 2.24) is 10.6 Å². The largest absolute Gasteiger partial charge is 0.385 e. The molecule has 0 spiro atoms. The zero-order valence-electron chi connectivity index (χ0n) is 11.3. The summed E-state index contributed by atoms with van der Waals surface area (Å²) in [6, 6.07) is 0. The van der Waals surface area contributed by atoms with Gasteiger partial charge >= 0.3 is 0 Å². The van der Waals surface area contributed by atoms with Crippen molar-refractivity contribution < 1.29 is 14.6 Å². The molecule has 0 saturated carbocycles. The lowest BCUT2D eigenvalue weighted by Crippen LogP contribution is -2.52. The molecular weight excluding hydrogens is 232 g/mol. The van der Waals surface area contributed by atoms with Gasteiger partial charge in [0.05, 0.1) is 6.10 Å². The van der Waals surface area contributed by atoms with Crippen LogP contribution < -0.4 is 10.6 Å². The molecule has 5 heteroatoms. The first-order valence-corrected chi connectivity index (χ1v) is 6.79. The fraction of sp³-hybridized carbons (Fsp3) is 0.923. The van der Waals surface area contributed by atoms with Gasteiger partial charge in [-0.2, -0.15) is 0 Å². The van der Waals surface area contributed by atoms with E-state index in [9.17, 15) is 9.90 Å². The van der Waals surface area contributed by atoms with E-state index >= 15 is 0 Å². The fourth-order valence-electron chi connectivity index (χ4n) is 2.66. The van der Waals surface area contributed by atoms with Crippen molar-refractivity contribution in [2.75, 3.05) is 26.2 Å². The first-order chi connectivity index (χ1) is 8.46. The van der Waals surface area contributed by atoms with E-state index in [0.717, 1.165) is 25.9 Å². The SMILES string of the molecule is CC1OCCC1(O)CNC(=O)C1(C)CCNCC1. The van der Waals surface area contributed by atoms with Crippen LogP contribution in [-0.4, -0.2) is 49.0 Å². The number of hydrogen-bond donors (Lipinski definition) is 3. The second kappa shape index (κ2) is 5.15. The summed E-state index contributed by atoms with van der Waals surface area (Å²) in [4.78, 5) is 12.2. The molecule has 104 valence electrons. The highest BCUT2D eigenvalue weighted by Gasteiger charge is 2.41. The summed E-state index contributed by atoms with van der Waals surface area (Å²) >= 11 is 0. The fourth-order valence-corrected chi connectivity index (χ4v) is 2.66. The standard InChI is InChI=1S/C13H24N2O3/c1-10-13(17,5-8-18-10)9-15-11(16)12(2)3-6-14-7-4-12/h10,14,17H,3-9H2,1-2H3,(H,15,16). The van der Waals surface area contributed by atoms with Crippen LogP contribution in [0.1, 0.15) is 33.1 Å². The molecule has 2 aliphatic heterocycles. The molecule has 18 heavy (non-hydrogen) atoms. The average Bonchev–Trinajstić information content (AvgIpc) is 2.68. The van der Waals surface area contributed by atoms with Crippen molar-refractivity contribution in [1.29, 1.82) is 0 Å². The van der Waals surface area contributed by atoms with Crippen molar-refractivity contribution >= 4 is 5.91 Å². The van der Waals surface area contributed by atoms with Crippen LogP contribution in [0.4, 0.5) is 0 Å². The third kappa shape index (κ3) is 2.68. The Kier molecular flexibility index (Phi) is 3.94. The predicted octanol–water partition coefficient (Wildman–Crippen LogP) is 0.0322. The number of carbonyl (C=O) groups excluding carboxylic acids is 1. The smallest absolute Gasteiger partial charge is 0.226 e. The lowest BCUT2D eigenvalue weighted by Gasteiger charge is -2.34. The molecule has 2 saturated heterocycles. The Bertz CT molecular complexity index is 315. The van der Waals surface area contributed by atoms with Crippen LogP contribution in [0, 0.1) is 5.41 Å². The van der Waals surface area contributed by atoms with Gasteiger partial charge in [0.25, 0.3) is 0 Å². The molecule has 0 aliphatic carbocycles. The molecule has 2 aliphatic rings. The van der Waals surface area contributed by atoms with Gasteiger partial charge in [-0.1, -0.05) is 6.92 Å². The van der Waals surface area contributed by atoms with Gasteiger partial charge in [0, 0.05) is 25.0 Å². The highest BCUT2D eigenvalue weighted by atomic mass is 16.5. The van der Waals surface area contributed by atoms with Crippen LogP contribution in [0.25, 0.3) is 0 Å². The zero-order chi connectivity index (χ0) is 13.2. The molecule has 2 heterocycles. The maximum absolute atomic E-state index is 12.2. The summed E-state index contributed by atoms with van der Waals surface area (Å²) in [5.41, 5.74) is -1.21. The van der Waals surface area contributed by atoms with Crippen molar-refractivity contribution in [2.24, 2.45) is 5.41 Å².